The molecule has 0 radical (unpaired) electrons. The normalized spacial score (nSPS) is 32.6. The van der Waals surface area contributed by atoms with Crippen LogP contribution in [0.25, 0.3) is 0 Å². The lowest BCUT2D eigenvalue weighted by atomic mass is 9.81. The summed E-state index contributed by atoms with van der Waals surface area (Å²) in [6.07, 6.45) is -24.8. The van der Waals surface area contributed by atoms with Gasteiger partial charge in [0.25, 0.3) is 0 Å². The summed E-state index contributed by atoms with van der Waals surface area (Å²) < 4.78 is 177. The van der Waals surface area contributed by atoms with E-state index in [0.717, 1.165) is 0 Å². The second-order valence-corrected chi connectivity index (χ2v) is 5.76. The average molecular weight is 462 g/mol. The molecule has 1 rings (SSSR count). The van der Waals surface area contributed by atoms with E-state index in [-0.39, 0.29) is 0 Å². The number of carbonyl (C=O) groups excluding carboxylic acids is 1. The van der Waals surface area contributed by atoms with E-state index in [1.807, 2.05) is 6.58 Å². The molecule has 0 aromatic rings. The molecule has 1 saturated heterocycles. The lowest BCUT2D eigenvalue weighted by molar-refractivity contribution is -0.535. The van der Waals surface area contributed by atoms with Crippen LogP contribution < -0.4 is 0 Å². The van der Waals surface area contributed by atoms with E-state index in [2.05, 4.69) is 9.47 Å². The number of rotatable bonds is 2. The van der Waals surface area contributed by atoms with Crippen LogP contribution in [0.5, 0.6) is 0 Å². The molecular formula is C12H7F13O4. The third kappa shape index (κ3) is 3.40. The first-order valence-electron chi connectivity index (χ1n) is 6.67. The Labute approximate surface area is 150 Å². The van der Waals surface area contributed by atoms with Gasteiger partial charge in [0.05, 0.1) is 0 Å². The standard InChI is InChI=1S/C12H7F13O4/c1-3(9(17,18)19)4(26)28-10(12(23,24)25)8(15,16)5(27)7(13,14)6(2,29-10)11(20,21)22/h5,27H,1H2,2H3. The summed E-state index contributed by atoms with van der Waals surface area (Å²) in [7, 11) is 0. The number of ether oxygens (including phenoxy) is 2. The molecule has 0 aromatic carbocycles. The van der Waals surface area contributed by atoms with Gasteiger partial charge in [0.2, 0.25) is 5.60 Å². The molecule has 1 fully saturated rings. The second kappa shape index (κ2) is 6.36. The Hall–Kier alpha value is -1.78. The lowest BCUT2D eigenvalue weighted by Crippen LogP contribution is -2.82. The van der Waals surface area contributed by atoms with E-state index in [0.29, 0.717) is 0 Å². The van der Waals surface area contributed by atoms with Crippen molar-refractivity contribution in [3.05, 3.63) is 12.2 Å². The molecule has 0 saturated carbocycles. The van der Waals surface area contributed by atoms with Gasteiger partial charge in [-0.05, 0) is 6.92 Å². The average Bonchev–Trinajstić information content (AvgIpc) is 2.47. The molecule has 170 valence electrons. The van der Waals surface area contributed by atoms with Crippen LogP contribution in [0, 0.1) is 0 Å². The molecule has 1 N–H and O–H groups in total. The van der Waals surface area contributed by atoms with Crippen molar-refractivity contribution in [3.63, 3.8) is 0 Å². The topological polar surface area (TPSA) is 55.8 Å². The zero-order valence-corrected chi connectivity index (χ0v) is 13.4. The van der Waals surface area contributed by atoms with Crippen LogP contribution in [-0.4, -0.2) is 58.9 Å². The van der Waals surface area contributed by atoms with Crippen LogP contribution >= 0.6 is 0 Å². The minimum atomic E-state index is -7.05. The first kappa shape index (κ1) is 25.3. The Morgan fingerprint density at radius 1 is 0.931 bits per heavy atom. The Morgan fingerprint density at radius 2 is 1.34 bits per heavy atom. The van der Waals surface area contributed by atoms with Gasteiger partial charge in [0, 0.05) is 0 Å². The fraction of sp³-hybridized carbons (Fsp3) is 0.750. The van der Waals surface area contributed by atoms with E-state index < -0.39 is 66.3 Å². The van der Waals surface area contributed by atoms with Crippen molar-refractivity contribution >= 4 is 5.97 Å². The van der Waals surface area contributed by atoms with Gasteiger partial charge in [-0.25, -0.2) is 4.79 Å². The molecule has 0 aromatic heterocycles. The number of hydrogen-bond donors (Lipinski definition) is 1. The predicted octanol–water partition coefficient (Wildman–Crippen LogP) is 3.89. The summed E-state index contributed by atoms with van der Waals surface area (Å²) in [4.78, 5) is 11.2. The largest absolute Gasteiger partial charge is 0.462 e. The SMILES string of the molecule is C=C(C(=O)OC1(C(F)(F)F)OC(C)(C(F)(F)F)C(F)(F)C(O)C1(F)F)C(F)(F)F. The Balaban J connectivity index is 3.80. The summed E-state index contributed by atoms with van der Waals surface area (Å²) in [5.74, 6) is -22.6. The maximum Gasteiger partial charge on any atom is 0.462 e. The van der Waals surface area contributed by atoms with Crippen molar-refractivity contribution in [2.45, 2.75) is 54.8 Å². The molecule has 4 nitrogen and oxygen atoms in total. The van der Waals surface area contributed by atoms with Crippen molar-refractivity contribution in [1.82, 2.24) is 0 Å². The van der Waals surface area contributed by atoms with Gasteiger partial charge < -0.3 is 14.6 Å². The molecule has 0 aliphatic carbocycles. The van der Waals surface area contributed by atoms with E-state index in [9.17, 15) is 61.9 Å². The van der Waals surface area contributed by atoms with E-state index in [4.69, 9.17) is 5.11 Å². The molecule has 1 aliphatic heterocycles. The van der Waals surface area contributed by atoms with Gasteiger partial charge >= 0.3 is 42.1 Å². The molecule has 1 aliphatic rings. The van der Waals surface area contributed by atoms with Gasteiger partial charge in [-0.3, -0.25) is 0 Å². The summed E-state index contributed by atoms with van der Waals surface area (Å²) >= 11 is 0. The van der Waals surface area contributed by atoms with Crippen LogP contribution in [0.3, 0.4) is 0 Å². The Morgan fingerprint density at radius 3 is 1.66 bits per heavy atom. The number of aliphatic hydroxyl groups is 1. The number of carbonyl (C=O) groups is 1. The second-order valence-electron chi connectivity index (χ2n) is 5.76. The maximum atomic E-state index is 14.0. The molecule has 29 heavy (non-hydrogen) atoms. The monoisotopic (exact) mass is 462 g/mol. The zero-order chi connectivity index (χ0) is 23.6. The fourth-order valence-electron chi connectivity index (χ4n) is 2.04. The van der Waals surface area contributed by atoms with E-state index in [1.54, 1.807) is 0 Å². The molecule has 0 amide bonds. The highest BCUT2D eigenvalue weighted by molar-refractivity contribution is 5.89. The highest BCUT2D eigenvalue weighted by Crippen LogP contribution is 2.62. The van der Waals surface area contributed by atoms with Crippen LogP contribution in [0.4, 0.5) is 57.1 Å². The number of aliphatic hydroxyl groups excluding tert-OH is 1. The summed E-state index contributed by atoms with van der Waals surface area (Å²) in [6.45, 7) is 0.980. The molecular weight excluding hydrogens is 455 g/mol. The third-order valence-corrected chi connectivity index (χ3v) is 3.85. The first-order chi connectivity index (χ1) is 12.4. The zero-order valence-electron chi connectivity index (χ0n) is 13.4. The predicted molar refractivity (Wildman–Crippen MR) is 61.5 cm³/mol. The van der Waals surface area contributed by atoms with Crippen molar-refractivity contribution < 1.29 is 76.5 Å². The molecule has 0 bridgehead atoms. The minimum absolute atomic E-state index is 0.904. The van der Waals surface area contributed by atoms with Crippen LogP contribution in [0.1, 0.15) is 6.92 Å². The van der Waals surface area contributed by atoms with Crippen LogP contribution in [-0.2, 0) is 14.3 Å². The molecule has 1 heterocycles. The van der Waals surface area contributed by atoms with Gasteiger partial charge in [-0.1, -0.05) is 6.58 Å². The van der Waals surface area contributed by atoms with E-state index >= 15 is 0 Å². The van der Waals surface area contributed by atoms with Crippen molar-refractivity contribution in [2.24, 2.45) is 0 Å². The molecule has 3 atom stereocenters. The highest BCUT2D eigenvalue weighted by Gasteiger charge is 2.91. The quantitative estimate of drug-likeness (QED) is 0.385. The van der Waals surface area contributed by atoms with Gasteiger partial charge in [0.15, 0.2) is 6.10 Å². The van der Waals surface area contributed by atoms with Crippen molar-refractivity contribution in [1.29, 1.82) is 0 Å². The maximum absolute atomic E-state index is 14.0. The van der Waals surface area contributed by atoms with E-state index in [1.165, 1.54) is 0 Å². The Bertz CT molecular complexity index is 691. The molecule has 0 spiro atoms. The third-order valence-electron chi connectivity index (χ3n) is 3.85. The number of alkyl halides is 13. The summed E-state index contributed by atoms with van der Waals surface area (Å²) in [5.41, 5.74) is -8.50. The smallest absolute Gasteiger partial charge is 0.414 e. The lowest BCUT2D eigenvalue weighted by Gasteiger charge is -2.54. The highest BCUT2D eigenvalue weighted by atomic mass is 19.4. The number of hydrogen-bond acceptors (Lipinski definition) is 4. The number of esters is 1. The van der Waals surface area contributed by atoms with Crippen molar-refractivity contribution in [3.8, 4) is 0 Å². The van der Waals surface area contributed by atoms with Crippen LogP contribution in [0.15, 0.2) is 12.2 Å². The summed E-state index contributed by atoms with van der Waals surface area (Å²) in [6, 6.07) is 0. The summed E-state index contributed by atoms with van der Waals surface area (Å²) in [5, 5.41) is 8.96. The number of halogens is 13. The molecule has 3 unspecified atom stereocenters. The fourth-order valence-corrected chi connectivity index (χ4v) is 2.04. The van der Waals surface area contributed by atoms with Gasteiger partial charge in [-0.15, -0.1) is 0 Å². The van der Waals surface area contributed by atoms with Crippen molar-refractivity contribution in [2.75, 3.05) is 0 Å². The van der Waals surface area contributed by atoms with Crippen LogP contribution in [0.2, 0.25) is 0 Å². The van der Waals surface area contributed by atoms with Gasteiger partial charge in [-0.2, -0.15) is 57.1 Å². The minimum Gasteiger partial charge on any atom is -0.414 e. The van der Waals surface area contributed by atoms with Gasteiger partial charge in [0.1, 0.15) is 5.57 Å². The molecule has 17 heteroatoms. The Kier molecular flexibility index (Phi) is 5.54. The first-order valence-corrected chi connectivity index (χ1v) is 6.67.